The van der Waals surface area contributed by atoms with E-state index in [-0.39, 0.29) is 11.3 Å². The number of ether oxygens (including phenoxy) is 2. The number of fused-ring (bicyclic) bond motifs is 1. The first kappa shape index (κ1) is 16.5. The summed E-state index contributed by atoms with van der Waals surface area (Å²) in [6, 6.07) is 18.1. The lowest BCUT2D eigenvalue weighted by molar-refractivity contribution is -0.131. The molecule has 3 aromatic rings. The highest BCUT2D eigenvalue weighted by molar-refractivity contribution is 6.00. The van der Waals surface area contributed by atoms with Crippen molar-refractivity contribution in [1.29, 1.82) is 0 Å². The molecule has 0 atom stereocenters. The highest BCUT2D eigenvalue weighted by Gasteiger charge is 2.16. The lowest BCUT2D eigenvalue weighted by atomic mass is 10.0. The second-order valence-electron chi connectivity index (χ2n) is 5.50. The minimum atomic E-state index is -1.16. The predicted octanol–water partition coefficient (Wildman–Crippen LogP) is 4.04. The van der Waals surface area contributed by atoms with Gasteiger partial charge < -0.3 is 14.6 Å². The largest absolute Gasteiger partial charge is 0.488 e. The van der Waals surface area contributed by atoms with Crippen molar-refractivity contribution < 1.29 is 24.2 Å². The van der Waals surface area contributed by atoms with Gasteiger partial charge in [0.15, 0.2) is 0 Å². The predicted molar refractivity (Wildman–Crippen MR) is 93.0 cm³/mol. The van der Waals surface area contributed by atoms with Gasteiger partial charge in [-0.15, -0.1) is 0 Å². The third-order valence-corrected chi connectivity index (χ3v) is 3.66. The molecule has 5 nitrogen and oxygen atoms in total. The van der Waals surface area contributed by atoms with Crippen molar-refractivity contribution in [3.8, 4) is 11.5 Å². The smallest absolute Gasteiger partial charge is 0.339 e. The van der Waals surface area contributed by atoms with Crippen LogP contribution in [0.4, 0.5) is 0 Å². The standard InChI is InChI=1S/C20H16O5/c1-13(21)25-19-11-16-15(10-17(19)20(22)23)8-5-9-18(16)24-12-14-6-3-2-4-7-14/h2-11H,12H2,1H3,(H,22,23). The van der Waals surface area contributed by atoms with E-state index in [4.69, 9.17) is 9.47 Å². The summed E-state index contributed by atoms with van der Waals surface area (Å²) in [5, 5.41) is 10.7. The Morgan fingerprint density at radius 3 is 2.40 bits per heavy atom. The second-order valence-corrected chi connectivity index (χ2v) is 5.50. The van der Waals surface area contributed by atoms with Gasteiger partial charge in [-0.05, 0) is 29.1 Å². The van der Waals surface area contributed by atoms with Crippen molar-refractivity contribution >= 4 is 22.7 Å². The van der Waals surface area contributed by atoms with E-state index in [1.165, 1.54) is 19.1 Å². The molecule has 0 saturated carbocycles. The van der Waals surface area contributed by atoms with Crippen LogP contribution in [0.3, 0.4) is 0 Å². The fraction of sp³-hybridized carbons (Fsp3) is 0.100. The maximum atomic E-state index is 11.4. The molecule has 0 aromatic heterocycles. The zero-order valence-corrected chi connectivity index (χ0v) is 13.6. The highest BCUT2D eigenvalue weighted by Crippen LogP contribution is 2.33. The third-order valence-electron chi connectivity index (χ3n) is 3.66. The molecule has 1 N–H and O–H groups in total. The van der Waals surface area contributed by atoms with Crippen LogP contribution in [0.5, 0.6) is 11.5 Å². The summed E-state index contributed by atoms with van der Waals surface area (Å²) in [6.45, 7) is 1.61. The van der Waals surface area contributed by atoms with Crippen LogP contribution in [0.25, 0.3) is 10.8 Å². The summed E-state index contributed by atoms with van der Waals surface area (Å²) in [7, 11) is 0. The quantitative estimate of drug-likeness (QED) is 0.562. The molecular weight excluding hydrogens is 320 g/mol. The molecule has 0 aliphatic carbocycles. The van der Waals surface area contributed by atoms with Crippen molar-refractivity contribution in [3.63, 3.8) is 0 Å². The summed E-state index contributed by atoms with van der Waals surface area (Å²) in [4.78, 5) is 22.7. The van der Waals surface area contributed by atoms with Crippen LogP contribution in [0.1, 0.15) is 22.8 Å². The normalized spacial score (nSPS) is 10.4. The number of hydrogen-bond donors (Lipinski definition) is 1. The molecule has 0 heterocycles. The first-order chi connectivity index (χ1) is 12.0. The van der Waals surface area contributed by atoms with Gasteiger partial charge in [-0.1, -0.05) is 42.5 Å². The maximum Gasteiger partial charge on any atom is 0.339 e. The van der Waals surface area contributed by atoms with Gasteiger partial charge in [-0.2, -0.15) is 0 Å². The number of rotatable bonds is 5. The number of carboxylic acids is 1. The fourth-order valence-corrected chi connectivity index (χ4v) is 2.54. The Labute approximate surface area is 144 Å². The van der Waals surface area contributed by atoms with Gasteiger partial charge >= 0.3 is 11.9 Å². The average Bonchev–Trinajstić information content (AvgIpc) is 2.59. The minimum absolute atomic E-state index is 0.00302. The summed E-state index contributed by atoms with van der Waals surface area (Å²) >= 11 is 0. The van der Waals surface area contributed by atoms with E-state index in [2.05, 4.69) is 0 Å². The van der Waals surface area contributed by atoms with Crippen LogP contribution in [0.15, 0.2) is 60.7 Å². The maximum absolute atomic E-state index is 11.4. The molecule has 0 saturated heterocycles. The van der Waals surface area contributed by atoms with Crippen molar-refractivity contribution in [2.45, 2.75) is 13.5 Å². The summed E-state index contributed by atoms with van der Waals surface area (Å²) in [5.41, 5.74) is 0.949. The molecule has 3 rings (SSSR count). The third kappa shape index (κ3) is 3.77. The van der Waals surface area contributed by atoms with Gasteiger partial charge in [0, 0.05) is 12.3 Å². The van der Waals surface area contributed by atoms with Gasteiger partial charge in [0.1, 0.15) is 23.7 Å². The van der Waals surface area contributed by atoms with Crippen LogP contribution < -0.4 is 9.47 Å². The minimum Gasteiger partial charge on any atom is -0.488 e. The van der Waals surface area contributed by atoms with Crippen molar-refractivity contribution in [2.75, 3.05) is 0 Å². The Morgan fingerprint density at radius 2 is 1.72 bits per heavy atom. The summed E-state index contributed by atoms with van der Waals surface area (Å²) in [6.07, 6.45) is 0. The summed E-state index contributed by atoms with van der Waals surface area (Å²) in [5.74, 6) is -1.15. The lowest BCUT2D eigenvalue weighted by Gasteiger charge is -2.12. The number of carbonyl (C=O) groups is 2. The van der Waals surface area contributed by atoms with E-state index in [1.807, 2.05) is 30.3 Å². The van der Waals surface area contributed by atoms with E-state index in [0.717, 1.165) is 5.56 Å². The van der Waals surface area contributed by atoms with Crippen molar-refractivity contribution in [3.05, 3.63) is 71.8 Å². The number of aromatic carboxylic acids is 1. The number of esters is 1. The molecule has 0 radical (unpaired) electrons. The Morgan fingerprint density at radius 1 is 0.960 bits per heavy atom. The second kappa shape index (κ2) is 7.05. The Hall–Kier alpha value is -3.34. The first-order valence-corrected chi connectivity index (χ1v) is 7.70. The van der Waals surface area contributed by atoms with Gasteiger partial charge in [0.05, 0.1) is 0 Å². The number of carboxylic acid groups (broad SMARTS) is 1. The van der Waals surface area contributed by atoms with E-state index in [0.29, 0.717) is 23.1 Å². The fourth-order valence-electron chi connectivity index (χ4n) is 2.54. The first-order valence-electron chi connectivity index (χ1n) is 7.70. The molecule has 0 unspecified atom stereocenters. The zero-order valence-electron chi connectivity index (χ0n) is 13.6. The van der Waals surface area contributed by atoms with Crippen LogP contribution in [0.2, 0.25) is 0 Å². The van der Waals surface area contributed by atoms with Crippen LogP contribution >= 0.6 is 0 Å². The molecule has 3 aromatic carbocycles. The van der Waals surface area contributed by atoms with Crippen molar-refractivity contribution in [2.24, 2.45) is 0 Å². The SMILES string of the molecule is CC(=O)Oc1cc2c(OCc3ccccc3)cccc2cc1C(=O)O. The van der Waals surface area contributed by atoms with Gasteiger partial charge in [0.25, 0.3) is 0 Å². The summed E-state index contributed by atoms with van der Waals surface area (Å²) < 4.78 is 10.9. The number of benzene rings is 3. The molecule has 0 aliphatic rings. The van der Waals surface area contributed by atoms with Crippen LogP contribution in [-0.4, -0.2) is 17.0 Å². The molecule has 126 valence electrons. The zero-order chi connectivity index (χ0) is 17.8. The van der Waals surface area contributed by atoms with E-state index in [9.17, 15) is 14.7 Å². The molecule has 0 fully saturated rings. The van der Waals surface area contributed by atoms with Crippen molar-refractivity contribution in [1.82, 2.24) is 0 Å². The lowest BCUT2D eigenvalue weighted by Crippen LogP contribution is -2.07. The number of hydrogen-bond acceptors (Lipinski definition) is 4. The molecule has 0 bridgehead atoms. The number of carbonyl (C=O) groups excluding carboxylic acids is 1. The van der Waals surface area contributed by atoms with Gasteiger partial charge in [-0.25, -0.2) is 4.79 Å². The molecule has 0 aliphatic heterocycles. The van der Waals surface area contributed by atoms with E-state index < -0.39 is 11.9 Å². The van der Waals surface area contributed by atoms with Gasteiger partial charge in [0.2, 0.25) is 0 Å². The van der Waals surface area contributed by atoms with Gasteiger partial charge in [-0.3, -0.25) is 4.79 Å². The average molecular weight is 336 g/mol. The molecule has 25 heavy (non-hydrogen) atoms. The highest BCUT2D eigenvalue weighted by atomic mass is 16.5. The molecule has 5 heteroatoms. The van der Waals surface area contributed by atoms with Crippen LogP contribution in [0, 0.1) is 0 Å². The molecule has 0 amide bonds. The molecule has 0 spiro atoms. The van der Waals surface area contributed by atoms with E-state index >= 15 is 0 Å². The topological polar surface area (TPSA) is 72.8 Å². The Kier molecular flexibility index (Phi) is 4.66. The monoisotopic (exact) mass is 336 g/mol. The Balaban J connectivity index is 2.01. The Bertz CT molecular complexity index is 931. The molecular formula is C20H16O5. The van der Waals surface area contributed by atoms with E-state index in [1.54, 1.807) is 18.2 Å². The van der Waals surface area contributed by atoms with Crippen LogP contribution in [-0.2, 0) is 11.4 Å².